The molecule has 8 heteroatoms. The van der Waals surface area contributed by atoms with Gasteiger partial charge in [0, 0.05) is 18.2 Å². The van der Waals surface area contributed by atoms with Crippen molar-refractivity contribution in [2.45, 2.75) is 24.9 Å². The van der Waals surface area contributed by atoms with Gasteiger partial charge in [0.05, 0.1) is 12.2 Å². The van der Waals surface area contributed by atoms with E-state index in [0.717, 1.165) is 6.07 Å². The molecule has 0 fully saturated rings. The molecule has 2 aromatic rings. The quantitative estimate of drug-likeness (QED) is 0.730. The third-order valence-electron chi connectivity index (χ3n) is 4.50. The van der Waals surface area contributed by atoms with E-state index in [1.54, 1.807) is 37.3 Å². The first-order valence-electron chi connectivity index (χ1n) is 8.91. The highest BCUT2D eigenvalue weighted by atomic mass is 32.2. The molecule has 2 aromatic carbocycles. The summed E-state index contributed by atoms with van der Waals surface area (Å²) in [6.07, 6.45) is 0.224. The molecule has 0 spiro atoms. The zero-order valence-corrected chi connectivity index (χ0v) is 16.8. The molecule has 152 valence electrons. The van der Waals surface area contributed by atoms with Crippen molar-refractivity contribution in [2.24, 2.45) is 4.99 Å². The van der Waals surface area contributed by atoms with Gasteiger partial charge in [-0.05, 0) is 30.2 Å². The second-order valence-corrected chi connectivity index (χ2v) is 7.91. The van der Waals surface area contributed by atoms with Crippen molar-refractivity contribution in [1.82, 2.24) is 5.32 Å². The first kappa shape index (κ1) is 21.0. The highest BCUT2D eigenvalue weighted by Gasteiger charge is 2.40. The fourth-order valence-corrected chi connectivity index (χ4v) is 4.16. The Morgan fingerprint density at radius 1 is 1.21 bits per heavy atom. The van der Waals surface area contributed by atoms with Gasteiger partial charge in [0.1, 0.15) is 17.2 Å². The maximum atomic E-state index is 13.4. The monoisotopic (exact) mass is 418 g/mol. The molecule has 3 rings (SSSR count). The number of carbonyl (C=O) groups excluding carboxylic acids is 2. The number of nitrogens with one attached hydrogen (secondary N) is 1. The zero-order valence-electron chi connectivity index (χ0n) is 15.9. The lowest BCUT2D eigenvalue weighted by Gasteiger charge is -2.23. The van der Waals surface area contributed by atoms with Crippen LogP contribution in [0.15, 0.2) is 53.5 Å². The molecule has 1 aliphatic heterocycles. The van der Waals surface area contributed by atoms with Crippen LogP contribution >= 0.6 is 11.8 Å². The van der Waals surface area contributed by atoms with E-state index in [1.807, 2.05) is 0 Å². The molecule has 1 aliphatic rings. The Balaban J connectivity index is 1.76. The number of ether oxygens (including phenoxy) is 1. The van der Waals surface area contributed by atoms with Crippen molar-refractivity contribution in [1.29, 1.82) is 0 Å². The number of aliphatic imine (C=N–C) groups is 1. The van der Waals surface area contributed by atoms with Crippen molar-refractivity contribution in [3.05, 3.63) is 71.3 Å². The van der Waals surface area contributed by atoms with Crippen molar-refractivity contribution in [3.8, 4) is 0 Å². The third kappa shape index (κ3) is 5.00. The minimum Gasteiger partial charge on any atom is -0.467 e. The Kier molecular flexibility index (Phi) is 6.32. The summed E-state index contributed by atoms with van der Waals surface area (Å²) in [5.41, 5.74) is -0.0658. The molecular weight excluding hydrogens is 398 g/mol. The molecule has 1 amide bonds. The summed E-state index contributed by atoms with van der Waals surface area (Å²) < 4.78 is 31.6. The number of hydrogen-bond donors (Lipinski definition) is 1. The average Bonchev–Trinajstić information content (AvgIpc) is 3.07. The number of carbonyl (C=O) groups is 2. The minimum absolute atomic E-state index is 0.224. The van der Waals surface area contributed by atoms with Crippen LogP contribution in [-0.4, -0.2) is 35.3 Å². The number of esters is 1. The van der Waals surface area contributed by atoms with E-state index >= 15 is 0 Å². The molecule has 0 saturated heterocycles. The molecule has 0 aromatic heterocycles. The summed E-state index contributed by atoms with van der Waals surface area (Å²) in [5.74, 6) is -1.97. The molecule has 0 saturated carbocycles. The molecule has 0 bridgehead atoms. The van der Waals surface area contributed by atoms with Gasteiger partial charge in [-0.2, -0.15) is 0 Å². The number of nitrogens with zero attached hydrogens (tertiary/aromatic N) is 1. The Bertz CT molecular complexity index is 932. The zero-order chi connectivity index (χ0) is 21.0. The summed E-state index contributed by atoms with van der Waals surface area (Å²) in [6.45, 7) is 1.66. The fraction of sp³-hybridized carbons (Fsp3) is 0.286. The van der Waals surface area contributed by atoms with Gasteiger partial charge in [0.2, 0.25) is 5.91 Å². The van der Waals surface area contributed by atoms with Crippen molar-refractivity contribution < 1.29 is 23.1 Å². The molecule has 2 atom stereocenters. The number of hydrogen-bond acceptors (Lipinski definition) is 5. The van der Waals surface area contributed by atoms with E-state index < -0.39 is 35.1 Å². The smallest absolute Gasteiger partial charge is 0.333 e. The third-order valence-corrected chi connectivity index (χ3v) is 5.78. The standard InChI is InChI=1S/C21H20F2N2O3S/c1-21(12-29-17(25-21)10-13-8-15(22)11-16(23)9-13)20(27)24-18(19(26)28-2)14-6-4-3-5-7-14/h3-9,11,18H,10,12H2,1-2H3,(H,24,27). The molecular formula is C21H20F2N2O3S. The molecule has 5 nitrogen and oxygen atoms in total. The summed E-state index contributed by atoms with van der Waals surface area (Å²) >= 11 is 1.35. The van der Waals surface area contributed by atoms with Gasteiger partial charge in [0.25, 0.3) is 0 Å². The largest absolute Gasteiger partial charge is 0.467 e. The molecule has 1 heterocycles. The van der Waals surface area contributed by atoms with Gasteiger partial charge in [-0.25, -0.2) is 13.6 Å². The van der Waals surface area contributed by atoms with Crippen LogP contribution in [0.5, 0.6) is 0 Å². The van der Waals surface area contributed by atoms with Crippen LogP contribution in [-0.2, 0) is 20.7 Å². The van der Waals surface area contributed by atoms with E-state index in [-0.39, 0.29) is 6.42 Å². The summed E-state index contributed by atoms with van der Waals surface area (Å²) in [5, 5.41) is 3.31. The predicted molar refractivity (Wildman–Crippen MR) is 108 cm³/mol. The van der Waals surface area contributed by atoms with Crippen LogP contribution in [0.2, 0.25) is 0 Å². The molecule has 29 heavy (non-hydrogen) atoms. The summed E-state index contributed by atoms with van der Waals surface area (Å²) in [6, 6.07) is 11.1. The number of amides is 1. The maximum Gasteiger partial charge on any atom is 0.333 e. The Morgan fingerprint density at radius 2 is 1.86 bits per heavy atom. The van der Waals surface area contributed by atoms with E-state index in [1.165, 1.54) is 31.0 Å². The second-order valence-electron chi connectivity index (χ2n) is 6.86. The first-order valence-corrected chi connectivity index (χ1v) is 9.89. The summed E-state index contributed by atoms with van der Waals surface area (Å²) in [7, 11) is 1.26. The van der Waals surface area contributed by atoms with Gasteiger partial charge in [-0.15, -0.1) is 11.8 Å². The van der Waals surface area contributed by atoms with Gasteiger partial charge < -0.3 is 10.1 Å². The SMILES string of the molecule is COC(=O)C(NC(=O)C1(C)CSC(Cc2cc(F)cc(F)c2)=N1)c1ccccc1. The van der Waals surface area contributed by atoms with Crippen molar-refractivity contribution >= 4 is 28.7 Å². The Labute approximate surface area is 171 Å². The van der Waals surface area contributed by atoms with E-state index in [0.29, 0.717) is 21.9 Å². The van der Waals surface area contributed by atoms with Gasteiger partial charge in [-0.3, -0.25) is 9.79 Å². The predicted octanol–water partition coefficient (Wildman–Crippen LogP) is 3.44. The second kappa shape index (κ2) is 8.73. The first-order chi connectivity index (χ1) is 13.8. The van der Waals surface area contributed by atoms with Crippen LogP contribution in [0.3, 0.4) is 0 Å². The maximum absolute atomic E-state index is 13.4. The number of benzene rings is 2. The van der Waals surface area contributed by atoms with Crippen LogP contribution in [0, 0.1) is 11.6 Å². The molecule has 0 aliphatic carbocycles. The van der Waals surface area contributed by atoms with E-state index in [4.69, 9.17) is 4.74 Å². The average molecular weight is 418 g/mol. The highest BCUT2D eigenvalue weighted by molar-refractivity contribution is 8.14. The molecule has 0 radical (unpaired) electrons. The Morgan fingerprint density at radius 3 is 2.48 bits per heavy atom. The summed E-state index contributed by atoms with van der Waals surface area (Å²) in [4.78, 5) is 29.6. The van der Waals surface area contributed by atoms with Crippen LogP contribution in [0.1, 0.15) is 24.1 Å². The van der Waals surface area contributed by atoms with E-state index in [9.17, 15) is 18.4 Å². The lowest BCUT2D eigenvalue weighted by atomic mass is 10.0. The number of thioether (sulfide) groups is 1. The van der Waals surface area contributed by atoms with Gasteiger partial charge in [-0.1, -0.05) is 30.3 Å². The van der Waals surface area contributed by atoms with Gasteiger partial charge >= 0.3 is 5.97 Å². The molecule has 2 unspecified atom stereocenters. The van der Waals surface area contributed by atoms with Crippen molar-refractivity contribution in [3.63, 3.8) is 0 Å². The lowest BCUT2D eigenvalue weighted by molar-refractivity contribution is -0.145. The van der Waals surface area contributed by atoms with Gasteiger partial charge in [0.15, 0.2) is 6.04 Å². The Hall–Kier alpha value is -2.74. The highest BCUT2D eigenvalue weighted by Crippen LogP contribution is 2.31. The van der Waals surface area contributed by atoms with Crippen LogP contribution in [0.4, 0.5) is 8.78 Å². The minimum atomic E-state index is -1.10. The van der Waals surface area contributed by atoms with E-state index in [2.05, 4.69) is 10.3 Å². The van der Waals surface area contributed by atoms with Crippen molar-refractivity contribution in [2.75, 3.05) is 12.9 Å². The van der Waals surface area contributed by atoms with Crippen LogP contribution in [0.25, 0.3) is 0 Å². The molecule has 1 N–H and O–H groups in total. The number of halogens is 2. The topological polar surface area (TPSA) is 67.8 Å². The lowest BCUT2D eigenvalue weighted by Crippen LogP contribution is -2.47. The fourth-order valence-electron chi connectivity index (χ4n) is 2.99. The van der Waals surface area contributed by atoms with Crippen LogP contribution < -0.4 is 5.32 Å². The number of rotatable bonds is 6. The number of methoxy groups -OCH3 is 1. The normalized spacial score (nSPS) is 19.4.